The summed E-state index contributed by atoms with van der Waals surface area (Å²) >= 11 is 1.37. The van der Waals surface area contributed by atoms with Crippen LogP contribution >= 0.6 is 11.9 Å². The minimum Gasteiger partial charge on any atom is -0.356 e. The molecular formula is C31H52N4O2S. The smallest absolute Gasteiger partial charge is 0.233 e. The second-order valence-corrected chi connectivity index (χ2v) is 11.5. The molecule has 1 aromatic carbocycles. The van der Waals surface area contributed by atoms with E-state index in [4.69, 9.17) is 0 Å². The van der Waals surface area contributed by atoms with E-state index in [1.54, 1.807) is 4.31 Å². The third-order valence-corrected chi connectivity index (χ3v) is 7.95. The van der Waals surface area contributed by atoms with Gasteiger partial charge in [0, 0.05) is 37.9 Å². The fraction of sp³-hybridized carbons (Fsp3) is 0.710. The van der Waals surface area contributed by atoms with Crippen LogP contribution < -0.4 is 5.32 Å². The second-order valence-electron chi connectivity index (χ2n) is 10.4. The van der Waals surface area contributed by atoms with Gasteiger partial charge >= 0.3 is 0 Å². The Bertz CT molecular complexity index is 868. The number of rotatable bonds is 23. The number of carbonyl (C=O) groups excluding carboxylic acids is 2. The van der Waals surface area contributed by atoms with Gasteiger partial charge < -0.3 is 10.3 Å². The molecule has 7 heteroatoms. The molecule has 0 bridgehead atoms. The lowest BCUT2D eigenvalue weighted by atomic mass is 10.1. The quantitative estimate of drug-likeness (QED) is 0.108. The van der Waals surface area contributed by atoms with Crippen LogP contribution in [0.2, 0.25) is 0 Å². The number of nitrogens with one attached hydrogen (secondary N) is 2. The molecule has 0 aliphatic heterocycles. The average molecular weight is 545 g/mol. The Morgan fingerprint density at radius 1 is 0.789 bits per heavy atom. The molecule has 0 aliphatic rings. The maximum Gasteiger partial charge on any atom is 0.233 e. The SMILES string of the molecule is CCCCCCCCCCNC(=O)CCC(=O)N(CCCCCCCCCC)Sc1nc2ccccc2[nH]1. The lowest BCUT2D eigenvalue weighted by Crippen LogP contribution is -2.29. The van der Waals surface area contributed by atoms with Crippen LogP contribution in [0.5, 0.6) is 0 Å². The molecule has 2 amide bonds. The number of fused-ring (bicyclic) bond motifs is 1. The summed E-state index contributed by atoms with van der Waals surface area (Å²) < 4.78 is 1.81. The zero-order valence-corrected chi connectivity index (χ0v) is 24.9. The number of aromatic nitrogens is 2. The minimum atomic E-state index is -0.0259. The van der Waals surface area contributed by atoms with Crippen molar-refractivity contribution >= 4 is 34.8 Å². The largest absolute Gasteiger partial charge is 0.356 e. The van der Waals surface area contributed by atoms with Crippen LogP contribution in [0, 0.1) is 0 Å². The van der Waals surface area contributed by atoms with Gasteiger partial charge in [-0.2, -0.15) is 0 Å². The van der Waals surface area contributed by atoms with Gasteiger partial charge in [-0.1, -0.05) is 116 Å². The Labute approximate surface area is 235 Å². The van der Waals surface area contributed by atoms with E-state index in [2.05, 4.69) is 29.1 Å². The Kier molecular flexibility index (Phi) is 17.7. The molecule has 0 unspecified atom stereocenters. The first kappa shape index (κ1) is 32.2. The third-order valence-electron chi connectivity index (χ3n) is 6.98. The van der Waals surface area contributed by atoms with Crippen LogP contribution in [-0.2, 0) is 9.59 Å². The van der Waals surface area contributed by atoms with Crippen LogP contribution in [-0.4, -0.2) is 39.2 Å². The van der Waals surface area contributed by atoms with E-state index in [1.165, 1.54) is 89.0 Å². The first-order valence-corrected chi connectivity index (χ1v) is 16.1. The molecule has 1 aromatic heterocycles. The van der Waals surface area contributed by atoms with E-state index in [-0.39, 0.29) is 24.7 Å². The van der Waals surface area contributed by atoms with Gasteiger partial charge in [0.2, 0.25) is 11.8 Å². The molecule has 214 valence electrons. The van der Waals surface area contributed by atoms with E-state index < -0.39 is 0 Å². The average Bonchev–Trinajstić information content (AvgIpc) is 3.34. The predicted octanol–water partition coefficient (Wildman–Crippen LogP) is 8.58. The van der Waals surface area contributed by atoms with Gasteiger partial charge in [-0.15, -0.1) is 0 Å². The summed E-state index contributed by atoms with van der Waals surface area (Å²) in [6, 6.07) is 7.91. The normalized spacial score (nSPS) is 11.2. The Balaban J connectivity index is 1.72. The molecule has 0 aliphatic carbocycles. The second kappa shape index (κ2) is 20.9. The number of aromatic amines is 1. The van der Waals surface area contributed by atoms with Gasteiger partial charge in [0.25, 0.3) is 0 Å². The molecule has 0 radical (unpaired) electrons. The molecule has 0 fully saturated rings. The van der Waals surface area contributed by atoms with E-state index in [9.17, 15) is 9.59 Å². The minimum absolute atomic E-state index is 0.000584. The number of hydrogen-bond donors (Lipinski definition) is 2. The summed E-state index contributed by atoms with van der Waals surface area (Å²) in [7, 11) is 0. The topological polar surface area (TPSA) is 78.1 Å². The summed E-state index contributed by atoms with van der Waals surface area (Å²) in [5.41, 5.74) is 1.87. The zero-order chi connectivity index (χ0) is 27.3. The van der Waals surface area contributed by atoms with Crippen LogP contribution in [0.25, 0.3) is 11.0 Å². The van der Waals surface area contributed by atoms with Crippen molar-refractivity contribution in [2.45, 2.75) is 135 Å². The molecule has 0 saturated carbocycles. The molecular weight excluding hydrogens is 492 g/mol. The number of benzene rings is 1. The Morgan fingerprint density at radius 3 is 2.00 bits per heavy atom. The van der Waals surface area contributed by atoms with Crippen LogP contribution in [0.15, 0.2) is 29.4 Å². The summed E-state index contributed by atoms with van der Waals surface area (Å²) in [5.74, 6) is -0.0253. The molecule has 2 rings (SSSR count). The third kappa shape index (κ3) is 14.2. The molecule has 1 heterocycles. The fourth-order valence-corrected chi connectivity index (χ4v) is 5.52. The van der Waals surface area contributed by atoms with E-state index in [1.807, 2.05) is 24.3 Å². The molecule has 0 atom stereocenters. The highest BCUT2D eigenvalue weighted by molar-refractivity contribution is 7.97. The van der Waals surface area contributed by atoms with E-state index in [0.717, 1.165) is 41.9 Å². The monoisotopic (exact) mass is 544 g/mol. The number of carbonyl (C=O) groups is 2. The summed E-state index contributed by atoms with van der Waals surface area (Å²) in [6.07, 6.45) is 20.2. The maximum absolute atomic E-state index is 13.1. The van der Waals surface area contributed by atoms with Gasteiger partial charge in [-0.25, -0.2) is 4.98 Å². The first-order chi connectivity index (χ1) is 18.6. The number of amides is 2. The summed E-state index contributed by atoms with van der Waals surface area (Å²) in [6.45, 7) is 5.87. The number of unbranched alkanes of at least 4 members (excludes halogenated alkanes) is 14. The number of H-pyrrole nitrogens is 1. The van der Waals surface area contributed by atoms with Crippen molar-refractivity contribution in [2.75, 3.05) is 13.1 Å². The van der Waals surface area contributed by atoms with Crippen molar-refractivity contribution in [1.82, 2.24) is 19.6 Å². The van der Waals surface area contributed by atoms with Crippen molar-refractivity contribution in [3.8, 4) is 0 Å². The van der Waals surface area contributed by atoms with Crippen molar-refractivity contribution in [3.63, 3.8) is 0 Å². The standard InChI is InChI=1S/C31H52N4O2S/c1-3-5-7-9-11-13-15-19-25-32-29(36)23-24-30(37)35(26-20-16-14-12-10-8-6-4-2)38-31-33-27-21-17-18-22-28(27)34-31/h17-18,21-22H,3-16,19-20,23-26H2,1-2H3,(H,32,36)(H,33,34). The van der Waals surface area contributed by atoms with E-state index in [0.29, 0.717) is 13.1 Å². The first-order valence-electron chi connectivity index (χ1n) is 15.3. The lowest BCUT2D eigenvalue weighted by Gasteiger charge is -2.20. The summed E-state index contributed by atoms with van der Waals surface area (Å²) in [4.78, 5) is 33.4. The van der Waals surface area contributed by atoms with Gasteiger partial charge in [0.1, 0.15) is 0 Å². The number of para-hydroxylation sites is 2. The van der Waals surface area contributed by atoms with Crippen molar-refractivity contribution in [2.24, 2.45) is 0 Å². The van der Waals surface area contributed by atoms with Crippen molar-refractivity contribution in [1.29, 1.82) is 0 Å². The molecule has 0 spiro atoms. The number of imidazole rings is 1. The highest BCUT2D eigenvalue weighted by Crippen LogP contribution is 2.25. The van der Waals surface area contributed by atoms with Crippen LogP contribution in [0.3, 0.4) is 0 Å². The highest BCUT2D eigenvalue weighted by Gasteiger charge is 2.18. The zero-order valence-electron chi connectivity index (χ0n) is 24.1. The molecule has 0 saturated heterocycles. The summed E-state index contributed by atoms with van der Waals surface area (Å²) in [5, 5.41) is 3.72. The van der Waals surface area contributed by atoms with Crippen LogP contribution in [0.4, 0.5) is 0 Å². The molecule has 2 N–H and O–H groups in total. The van der Waals surface area contributed by atoms with E-state index >= 15 is 0 Å². The fourth-order valence-electron chi connectivity index (χ4n) is 4.61. The lowest BCUT2D eigenvalue weighted by molar-refractivity contribution is -0.129. The Morgan fingerprint density at radius 2 is 1.37 bits per heavy atom. The highest BCUT2D eigenvalue weighted by atomic mass is 32.2. The molecule has 2 aromatic rings. The van der Waals surface area contributed by atoms with Crippen LogP contribution in [0.1, 0.15) is 129 Å². The van der Waals surface area contributed by atoms with Crippen molar-refractivity contribution in [3.05, 3.63) is 24.3 Å². The van der Waals surface area contributed by atoms with Crippen molar-refractivity contribution < 1.29 is 9.59 Å². The van der Waals surface area contributed by atoms with Gasteiger partial charge in [0.05, 0.1) is 11.0 Å². The molecule has 6 nitrogen and oxygen atoms in total. The maximum atomic E-state index is 13.1. The number of hydrogen-bond acceptors (Lipinski definition) is 4. The Hall–Kier alpha value is -2.02. The molecule has 38 heavy (non-hydrogen) atoms. The van der Waals surface area contributed by atoms with Gasteiger partial charge in [-0.05, 0) is 25.0 Å². The predicted molar refractivity (Wildman–Crippen MR) is 161 cm³/mol. The van der Waals surface area contributed by atoms with Gasteiger partial charge in [0.15, 0.2) is 5.16 Å². The van der Waals surface area contributed by atoms with Gasteiger partial charge in [-0.3, -0.25) is 13.9 Å². The number of nitrogens with zero attached hydrogens (tertiary/aromatic N) is 2.